The zero-order valence-electron chi connectivity index (χ0n) is 15.8. The third-order valence-electron chi connectivity index (χ3n) is 5.85. The van der Waals surface area contributed by atoms with Crippen LogP contribution < -0.4 is 5.73 Å². The van der Waals surface area contributed by atoms with Crippen molar-refractivity contribution >= 4 is 18.3 Å². The standard InChI is InChI=1S/C20H27N5O.ClH/c1-14-19-22-18(16-10-6-3-7-11-16)23-25(19)13-12-24(14)20(26)17(21)15-8-4-2-5-9-15;/h3,6-7,10-11,14-15,17H,2,4-5,8-9,12-13,21H2,1H3;1H/t14-,17-;/m0./s1. The van der Waals surface area contributed by atoms with Crippen LogP contribution in [-0.2, 0) is 11.3 Å². The lowest BCUT2D eigenvalue weighted by Gasteiger charge is -2.37. The first kappa shape index (κ1) is 19.8. The van der Waals surface area contributed by atoms with Gasteiger partial charge in [0.15, 0.2) is 5.82 Å². The summed E-state index contributed by atoms with van der Waals surface area (Å²) in [5, 5.41) is 4.64. The molecule has 1 aromatic heterocycles. The lowest BCUT2D eigenvalue weighted by molar-refractivity contribution is -0.137. The van der Waals surface area contributed by atoms with Crippen molar-refractivity contribution in [3.05, 3.63) is 36.2 Å². The highest BCUT2D eigenvalue weighted by atomic mass is 35.5. The number of rotatable bonds is 3. The van der Waals surface area contributed by atoms with Gasteiger partial charge in [0.2, 0.25) is 5.91 Å². The fourth-order valence-corrected chi connectivity index (χ4v) is 4.26. The summed E-state index contributed by atoms with van der Waals surface area (Å²) in [6, 6.07) is 9.48. The lowest BCUT2D eigenvalue weighted by atomic mass is 9.83. The summed E-state index contributed by atoms with van der Waals surface area (Å²) >= 11 is 0. The molecule has 1 aliphatic heterocycles. The van der Waals surface area contributed by atoms with Crippen LogP contribution in [0.2, 0.25) is 0 Å². The predicted molar refractivity (Wildman–Crippen MR) is 107 cm³/mol. The Balaban J connectivity index is 0.00000210. The Morgan fingerprint density at radius 3 is 2.56 bits per heavy atom. The molecule has 0 saturated heterocycles. The van der Waals surface area contributed by atoms with Crippen molar-refractivity contribution in [3.63, 3.8) is 0 Å². The van der Waals surface area contributed by atoms with Crippen molar-refractivity contribution in [2.45, 2.75) is 57.7 Å². The van der Waals surface area contributed by atoms with Crippen LogP contribution in [0.25, 0.3) is 11.4 Å². The summed E-state index contributed by atoms with van der Waals surface area (Å²) in [5.74, 6) is 1.96. The van der Waals surface area contributed by atoms with Crippen LogP contribution in [0.3, 0.4) is 0 Å². The zero-order valence-corrected chi connectivity index (χ0v) is 16.6. The van der Waals surface area contributed by atoms with Gasteiger partial charge in [-0.3, -0.25) is 4.79 Å². The van der Waals surface area contributed by atoms with E-state index in [1.165, 1.54) is 19.3 Å². The molecule has 0 radical (unpaired) electrons. The summed E-state index contributed by atoms with van der Waals surface area (Å²) in [6.45, 7) is 3.34. The van der Waals surface area contributed by atoms with Gasteiger partial charge in [-0.2, -0.15) is 5.10 Å². The molecule has 0 spiro atoms. The number of halogens is 1. The first-order valence-electron chi connectivity index (χ1n) is 9.71. The van der Waals surface area contributed by atoms with Gasteiger partial charge in [0.05, 0.1) is 18.6 Å². The number of carbonyl (C=O) groups excluding carboxylic acids is 1. The molecule has 2 atom stereocenters. The second-order valence-corrected chi connectivity index (χ2v) is 7.51. The van der Waals surface area contributed by atoms with Crippen molar-refractivity contribution in [1.82, 2.24) is 19.7 Å². The fraction of sp³-hybridized carbons (Fsp3) is 0.550. The molecular formula is C20H28ClN5O. The largest absolute Gasteiger partial charge is 0.330 e. The Labute approximate surface area is 166 Å². The van der Waals surface area contributed by atoms with Gasteiger partial charge in [-0.05, 0) is 25.7 Å². The van der Waals surface area contributed by atoms with Crippen LogP contribution in [-0.4, -0.2) is 38.2 Å². The number of fused-ring (bicyclic) bond motifs is 1. The molecule has 7 heteroatoms. The maximum absolute atomic E-state index is 13.0. The molecule has 0 unspecified atom stereocenters. The average Bonchev–Trinajstić information content (AvgIpc) is 3.14. The van der Waals surface area contributed by atoms with Gasteiger partial charge in [0.25, 0.3) is 0 Å². The van der Waals surface area contributed by atoms with E-state index in [1.807, 2.05) is 46.8 Å². The number of carbonyl (C=O) groups is 1. The molecule has 146 valence electrons. The molecule has 0 bridgehead atoms. The summed E-state index contributed by atoms with van der Waals surface area (Å²) in [5.41, 5.74) is 7.37. The van der Waals surface area contributed by atoms with Crippen LogP contribution in [0.5, 0.6) is 0 Å². The Morgan fingerprint density at radius 1 is 1.15 bits per heavy atom. The van der Waals surface area contributed by atoms with E-state index < -0.39 is 0 Å². The van der Waals surface area contributed by atoms with Gasteiger partial charge in [-0.1, -0.05) is 49.6 Å². The van der Waals surface area contributed by atoms with Gasteiger partial charge in [-0.15, -0.1) is 12.4 Å². The normalized spacial score (nSPS) is 21.3. The van der Waals surface area contributed by atoms with E-state index in [2.05, 4.69) is 5.10 Å². The van der Waals surface area contributed by atoms with Gasteiger partial charge in [-0.25, -0.2) is 9.67 Å². The van der Waals surface area contributed by atoms with Gasteiger partial charge in [0.1, 0.15) is 5.82 Å². The Kier molecular flexibility index (Phi) is 6.17. The van der Waals surface area contributed by atoms with Gasteiger partial charge >= 0.3 is 0 Å². The van der Waals surface area contributed by atoms with E-state index in [-0.39, 0.29) is 30.4 Å². The average molecular weight is 390 g/mol. The molecule has 27 heavy (non-hydrogen) atoms. The second-order valence-electron chi connectivity index (χ2n) is 7.51. The lowest BCUT2D eigenvalue weighted by Crippen LogP contribution is -2.51. The first-order chi connectivity index (χ1) is 12.6. The van der Waals surface area contributed by atoms with Crippen molar-refractivity contribution in [2.24, 2.45) is 11.7 Å². The highest BCUT2D eigenvalue weighted by Gasteiger charge is 2.36. The highest BCUT2D eigenvalue weighted by Crippen LogP contribution is 2.30. The van der Waals surface area contributed by atoms with Gasteiger partial charge in [0, 0.05) is 12.1 Å². The minimum atomic E-state index is -0.388. The van der Waals surface area contributed by atoms with Crippen LogP contribution in [0, 0.1) is 5.92 Å². The fourth-order valence-electron chi connectivity index (χ4n) is 4.26. The molecule has 2 heterocycles. The SMILES string of the molecule is C[C@H]1c2nc(-c3ccccc3)nn2CCN1C(=O)[C@@H](N)C1CCCCC1.Cl. The zero-order chi connectivity index (χ0) is 18.1. The van der Waals surface area contributed by atoms with E-state index in [4.69, 9.17) is 10.7 Å². The molecule has 4 rings (SSSR count). The van der Waals surface area contributed by atoms with E-state index in [0.717, 1.165) is 30.1 Å². The van der Waals surface area contributed by atoms with Crippen molar-refractivity contribution < 1.29 is 4.79 Å². The molecule has 2 N–H and O–H groups in total. The van der Waals surface area contributed by atoms with Crippen LogP contribution >= 0.6 is 12.4 Å². The summed E-state index contributed by atoms with van der Waals surface area (Å²) in [6.07, 6.45) is 5.79. The van der Waals surface area contributed by atoms with E-state index in [0.29, 0.717) is 19.0 Å². The number of nitrogens with zero attached hydrogens (tertiary/aromatic N) is 4. The van der Waals surface area contributed by atoms with E-state index >= 15 is 0 Å². The summed E-state index contributed by atoms with van der Waals surface area (Å²) in [7, 11) is 0. The third-order valence-corrected chi connectivity index (χ3v) is 5.85. The van der Waals surface area contributed by atoms with Gasteiger partial charge < -0.3 is 10.6 Å². The number of benzene rings is 1. The molecule has 2 aliphatic rings. The smallest absolute Gasteiger partial charge is 0.240 e. The van der Waals surface area contributed by atoms with Crippen molar-refractivity contribution in [2.75, 3.05) is 6.54 Å². The number of hydrogen-bond donors (Lipinski definition) is 1. The summed E-state index contributed by atoms with van der Waals surface area (Å²) in [4.78, 5) is 19.7. The number of hydrogen-bond acceptors (Lipinski definition) is 4. The first-order valence-corrected chi connectivity index (χ1v) is 9.71. The van der Waals surface area contributed by atoms with E-state index in [1.54, 1.807) is 0 Å². The maximum Gasteiger partial charge on any atom is 0.240 e. The third kappa shape index (κ3) is 3.87. The van der Waals surface area contributed by atoms with Crippen molar-refractivity contribution in [1.29, 1.82) is 0 Å². The monoisotopic (exact) mass is 389 g/mol. The maximum atomic E-state index is 13.0. The Hall–Kier alpha value is -1.92. The van der Waals surface area contributed by atoms with E-state index in [9.17, 15) is 4.79 Å². The number of nitrogens with two attached hydrogens (primary N) is 1. The van der Waals surface area contributed by atoms with Crippen LogP contribution in [0.1, 0.15) is 50.9 Å². The molecule has 1 aliphatic carbocycles. The Bertz CT molecular complexity index is 772. The minimum Gasteiger partial charge on any atom is -0.330 e. The van der Waals surface area contributed by atoms with Crippen LogP contribution in [0.4, 0.5) is 0 Å². The molecule has 2 aromatic rings. The Morgan fingerprint density at radius 2 is 1.85 bits per heavy atom. The molecule has 1 aromatic carbocycles. The molecule has 1 saturated carbocycles. The molecule has 6 nitrogen and oxygen atoms in total. The van der Waals surface area contributed by atoms with Crippen LogP contribution in [0.15, 0.2) is 30.3 Å². The number of amides is 1. The quantitative estimate of drug-likeness (QED) is 0.874. The molecular weight excluding hydrogens is 362 g/mol. The highest BCUT2D eigenvalue weighted by molar-refractivity contribution is 5.85. The number of aromatic nitrogens is 3. The second kappa shape index (κ2) is 8.40. The van der Waals surface area contributed by atoms with Crippen molar-refractivity contribution in [3.8, 4) is 11.4 Å². The predicted octanol–water partition coefficient (Wildman–Crippen LogP) is 3.18. The topological polar surface area (TPSA) is 77.0 Å². The molecule has 1 fully saturated rings. The summed E-state index contributed by atoms with van der Waals surface area (Å²) < 4.78 is 1.93. The molecule has 1 amide bonds. The minimum absolute atomic E-state index is 0.